The second-order valence-corrected chi connectivity index (χ2v) is 10.9. The standard InChI is InChI=1S/C21H21ClSi/c1-23(20-8-4-2-5-9-20,21-10-6-3-7-11-21)17-16-18-12-14-19(22)15-13-18/h2-15H,16-17H2,1H3. The molecule has 23 heavy (non-hydrogen) atoms. The van der Waals surface area contributed by atoms with E-state index in [0.29, 0.717) is 0 Å². The summed E-state index contributed by atoms with van der Waals surface area (Å²) in [4.78, 5) is 0. The Labute approximate surface area is 144 Å². The van der Waals surface area contributed by atoms with Gasteiger partial charge in [-0.05, 0) is 30.2 Å². The van der Waals surface area contributed by atoms with E-state index < -0.39 is 8.07 Å². The van der Waals surface area contributed by atoms with Crippen LogP contribution in [0.1, 0.15) is 5.56 Å². The summed E-state index contributed by atoms with van der Waals surface area (Å²) in [6.45, 7) is 2.48. The maximum absolute atomic E-state index is 6.00. The van der Waals surface area contributed by atoms with E-state index in [-0.39, 0.29) is 0 Å². The molecule has 0 N–H and O–H groups in total. The van der Waals surface area contributed by atoms with E-state index in [9.17, 15) is 0 Å². The summed E-state index contributed by atoms with van der Waals surface area (Å²) in [5.41, 5.74) is 1.36. The van der Waals surface area contributed by atoms with Crippen LogP contribution in [0.3, 0.4) is 0 Å². The second-order valence-electron chi connectivity index (χ2n) is 6.19. The Morgan fingerprint density at radius 2 is 1.17 bits per heavy atom. The number of halogens is 1. The number of benzene rings is 3. The van der Waals surface area contributed by atoms with Crippen molar-refractivity contribution < 1.29 is 0 Å². The lowest BCUT2D eigenvalue weighted by Crippen LogP contribution is -2.55. The quantitative estimate of drug-likeness (QED) is 0.588. The molecule has 0 radical (unpaired) electrons. The fourth-order valence-electron chi connectivity index (χ4n) is 3.11. The van der Waals surface area contributed by atoms with Crippen molar-refractivity contribution in [3.63, 3.8) is 0 Å². The molecule has 0 aliphatic carbocycles. The number of hydrogen-bond donors (Lipinski definition) is 0. The SMILES string of the molecule is C[Si](CCc1ccc(Cl)cc1)(c1ccccc1)c1ccccc1. The van der Waals surface area contributed by atoms with Crippen molar-refractivity contribution in [1.29, 1.82) is 0 Å². The highest BCUT2D eigenvalue weighted by atomic mass is 35.5. The molecule has 0 spiro atoms. The van der Waals surface area contributed by atoms with Crippen LogP contribution in [0.5, 0.6) is 0 Å². The molecule has 0 bridgehead atoms. The summed E-state index contributed by atoms with van der Waals surface area (Å²) in [6, 6.07) is 31.5. The number of aryl methyl sites for hydroxylation is 1. The Kier molecular flexibility index (Phi) is 4.99. The molecule has 0 aromatic heterocycles. The van der Waals surface area contributed by atoms with Crippen LogP contribution in [0.15, 0.2) is 84.9 Å². The molecule has 3 aromatic carbocycles. The largest absolute Gasteiger partial charge is 0.115 e. The maximum Gasteiger partial charge on any atom is 0.115 e. The van der Waals surface area contributed by atoms with Gasteiger partial charge in [0, 0.05) is 5.02 Å². The first-order valence-electron chi connectivity index (χ1n) is 8.04. The van der Waals surface area contributed by atoms with Gasteiger partial charge >= 0.3 is 0 Å². The fourth-order valence-corrected chi connectivity index (χ4v) is 6.79. The van der Waals surface area contributed by atoms with Gasteiger partial charge in [-0.1, -0.05) is 101 Å². The minimum absolute atomic E-state index is 0.805. The van der Waals surface area contributed by atoms with Gasteiger partial charge in [0.05, 0.1) is 0 Å². The molecule has 0 aliphatic rings. The molecular weight excluding hydrogens is 316 g/mol. The topological polar surface area (TPSA) is 0 Å². The van der Waals surface area contributed by atoms with Gasteiger partial charge in [-0.25, -0.2) is 0 Å². The second kappa shape index (κ2) is 7.16. The Morgan fingerprint density at radius 3 is 1.65 bits per heavy atom. The molecular formula is C21H21ClSi. The molecule has 116 valence electrons. The Bertz CT molecular complexity index is 696. The lowest BCUT2D eigenvalue weighted by molar-refractivity contribution is 1.11. The van der Waals surface area contributed by atoms with Gasteiger partial charge in [0.1, 0.15) is 8.07 Å². The van der Waals surface area contributed by atoms with Crippen LogP contribution in [0.25, 0.3) is 0 Å². The van der Waals surface area contributed by atoms with Gasteiger partial charge < -0.3 is 0 Å². The summed E-state index contributed by atoms with van der Waals surface area (Å²) in [5.74, 6) is 0. The maximum atomic E-state index is 6.00. The lowest BCUT2D eigenvalue weighted by atomic mass is 10.2. The van der Waals surface area contributed by atoms with E-state index in [1.807, 2.05) is 12.1 Å². The van der Waals surface area contributed by atoms with Crippen molar-refractivity contribution in [2.45, 2.75) is 19.0 Å². The normalized spacial score (nSPS) is 11.4. The number of rotatable bonds is 5. The molecule has 0 unspecified atom stereocenters. The van der Waals surface area contributed by atoms with Crippen LogP contribution in [0.2, 0.25) is 17.6 Å². The van der Waals surface area contributed by atoms with Crippen molar-refractivity contribution in [3.8, 4) is 0 Å². The number of hydrogen-bond acceptors (Lipinski definition) is 0. The van der Waals surface area contributed by atoms with Crippen molar-refractivity contribution in [1.82, 2.24) is 0 Å². The first-order chi connectivity index (χ1) is 11.2. The molecule has 0 aliphatic heterocycles. The average Bonchev–Trinajstić information content (AvgIpc) is 2.62. The van der Waals surface area contributed by atoms with Gasteiger partial charge in [-0.15, -0.1) is 0 Å². The molecule has 3 rings (SSSR count). The van der Waals surface area contributed by atoms with Crippen molar-refractivity contribution in [2.24, 2.45) is 0 Å². The van der Waals surface area contributed by atoms with Crippen LogP contribution >= 0.6 is 11.6 Å². The Balaban J connectivity index is 1.91. The first-order valence-corrected chi connectivity index (χ1v) is 11.1. The predicted molar refractivity (Wildman–Crippen MR) is 104 cm³/mol. The van der Waals surface area contributed by atoms with Crippen LogP contribution in [-0.2, 0) is 6.42 Å². The van der Waals surface area contributed by atoms with Crippen LogP contribution in [0.4, 0.5) is 0 Å². The third-order valence-electron chi connectivity index (χ3n) is 4.65. The molecule has 0 heterocycles. The Hall–Kier alpha value is -1.83. The summed E-state index contributed by atoms with van der Waals surface area (Å²) in [5, 5.41) is 3.81. The monoisotopic (exact) mass is 336 g/mol. The van der Waals surface area contributed by atoms with Crippen molar-refractivity contribution in [3.05, 3.63) is 95.5 Å². The van der Waals surface area contributed by atoms with E-state index in [1.165, 1.54) is 22.0 Å². The molecule has 2 heteroatoms. The summed E-state index contributed by atoms with van der Waals surface area (Å²) >= 11 is 6.00. The molecule has 3 aromatic rings. The van der Waals surface area contributed by atoms with Gasteiger partial charge in [-0.3, -0.25) is 0 Å². The summed E-state index contributed by atoms with van der Waals surface area (Å²) in [6.07, 6.45) is 1.09. The van der Waals surface area contributed by atoms with Gasteiger partial charge in [0.15, 0.2) is 0 Å². The zero-order chi connectivity index (χ0) is 16.1. The average molecular weight is 337 g/mol. The molecule has 0 saturated heterocycles. The van der Waals surface area contributed by atoms with Crippen LogP contribution in [-0.4, -0.2) is 8.07 Å². The van der Waals surface area contributed by atoms with E-state index in [0.717, 1.165) is 11.4 Å². The highest BCUT2D eigenvalue weighted by molar-refractivity contribution is 7.01. The van der Waals surface area contributed by atoms with Gasteiger partial charge in [0.25, 0.3) is 0 Å². The molecule has 0 atom stereocenters. The predicted octanol–water partition coefficient (Wildman–Crippen LogP) is 4.78. The fraction of sp³-hybridized carbons (Fsp3) is 0.143. The zero-order valence-corrected chi connectivity index (χ0v) is 15.1. The zero-order valence-electron chi connectivity index (χ0n) is 13.4. The summed E-state index contributed by atoms with van der Waals surface area (Å²) < 4.78 is 0. The van der Waals surface area contributed by atoms with E-state index in [4.69, 9.17) is 11.6 Å². The third-order valence-corrected chi connectivity index (χ3v) is 9.37. The van der Waals surface area contributed by atoms with E-state index in [2.05, 4.69) is 79.3 Å². The van der Waals surface area contributed by atoms with E-state index >= 15 is 0 Å². The first kappa shape index (κ1) is 16.0. The molecule has 0 amide bonds. The minimum Gasteiger partial charge on any atom is -0.0843 e. The van der Waals surface area contributed by atoms with Crippen molar-refractivity contribution >= 4 is 30.0 Å². The van der Waals surface area contributed by atoms with E-state index in [1.54, 1.807) is 0 Å². The molecule has 0 fully saturated rings. The van der Waals surface area contributed by atoms with Gasteiger partial charge in [-0.2, -0.15) is 0 Å². The third kappa shape index (κ3) is 3.74. The highest BCUT2D eigenvalue weighted by Gasteiger charge is 2.31. The van der Waals surface area contributed by atoms with Crippen LogP contribution < -0.4 is 10.4 Å². The summed E-state index contributed by atoms with van der Waals surface area (Å²) in [7, 11) is -1.73. The Morgan fingerprint density at radius 1 is 0.696 bits per heavy atom. The molecule has 0 saturated carbocycles. The van der Waals surface area contributed by atoms with Crippen LogP contribution in [0, 0.1) is 0 Å². The molecule has 0 nitrogen and oxygen atoms in total. The van der Waals surface area contributed by atoms with Gasteiger partial charge in [0.2, 0.25) is 0 Å². The highest BCUT2D eigenvalue weighted by Crippen LogP contribution is 2.17. The lowest BCUT2D eigenvalue weighted by Gasteiger charge is -2.29. The smallest absolute Gasteiger partial charge is 0.0843 e. The minimum atomic E-state index is -1.73. The van der Waals surface area contributed by atoms with Crippen molar-refractivity contribution in [2.75, 3.05) is 0 Å².